The molecule has 15 heavy (non-hydrogen) atoms. The highest BCUT2D eigenvalue weighted by Crippen LogP contribution is 2.24. The minimum absolute atomic E-state index is 0.0499. The van der Waals surface area contributed by atoms with Crippen LogP contribution >= 0.6 is 0 Å². The van der Waals surface area contributed by atoms with Crippen molar-refractivity contribution in [3.8, 4) is 12.3 Å². The third kappa shape index (κ3) is 2.36. The molecule has 1 aromatic rings. The fourth-order valence-corrected chi connectivity index (χ4v) is 1.24. The maximum atomic E-state index is 11.4. The molecule has 1 aromatic carbocycles. The van der Waals surface area contributed by atoms with Crippen LogP contribution in [0.4, 0.5) is 0 Å². The van der Waals surface area contributed by atoms with E-state index in [4.69, 9.17) is 16.9 Å². The molecule has 1 atom stereocenters. The summed E-state index contributed by atoms with van der Waals surface area (Å²) in [6, 6.07) is 9.04. The third-order valence-electron chi connectivity index (χ3n) is 2.24. The summed E-state index contributed by atoms with van der Waals surface area (Å²) in [5.41, 5.74) is 4.85. The van der Waals surface area contributed by atoms with Gasteiger partial charge in [0.15, 0.2) is 5.60 Å². The number of rotatable bonds is 4. The van der Waals surface area contributed by atoms with Crippen molar-refractivity contribution in [2.75, 3.05) is 6.61 Å². The van der Waals surface area contributed by atoms with Crippen LogP contribution in [0.25, 0.3) is 0 Å². The monoisotopic (exact) mass is 203 g/mol. The molecule has 0 aromatic heterocycles. The molecule has 3 heteroatoms. The Morgan fingerprint density at radius 3 is 2.60 bits per heavy atom. The fourth-order valence-electron chi connectivity index (χ4n) is 1.24. The Morgan fingerprint density at radius 2 is 2.13 bits per heavy atom. The van der Waals surface area contributed by atoms with Crippen molar-refractivity contribution in [1.29, 1.82) is 0 Å². The third-order valence-corrected chi connectivity index (χ3v) is 2.24. The highest BCUT2D eigenvalue weighted by atomic mass is 16.5. The topological polar surface area (TPSA) is 52.3 Å². The Morgan fingerprint density at radius 1 is 1.53 bits per heavy atom. The summed E-state index contributed by atoms with van der Waals surface area (Å²) in [6.07, 6.45) is 5.09. The van der Waals surface area contributed by atoms with Gasteiger partial charge in [-0.2, -0.15) is 0 Å². The molecule has 1 amide bonds. The number of ether oxygens (including phenoxy) is 1. The lowest BCUT2D eigenvalue weighted by molar-refractivity contribution is -0.141. The van der Waals surface area contributed by atoms with Crippen LogP contribution in [0.15, 0.2) is 30.3 Å². The largest absolute Gasteiger partial charge is 0.367 e. The smallest absolute Gasteiger partial charge is 0.254 e. The zero-order valence-electron chi connectivity index (χ0n) is 8.57. The summed E-state index contributed by atoms with van der Waals surface area (Å²) in [6.45, 7) is 1.66. The molecule has 1 unspecified atom stereocenters. The van der Waals surface area contributed by atoms with E-state index in [0.717, 1.165) is 0 Å². The number of terminal acetylenes is 1. The Labute approximate surface area is 89.2 Å². The van der Waals surface area contributed by atoms with Gasteiger partial charge in [-0.1, -0.05) is 36.3 Å². The first-order chi connectivity index (χ1) is 7.11. The molecule has 0 bridgehead atoms. The van der Waals surface area contributed by atoms with Crippen molar-refractivity contribution in [1.82, 2.24) is 0 Å². The van der Waals surface area contributed by atoms with Gasteiger partial charge >= 0.3 is 0 Å². The van der Waals surface area contributed by atoms with Crippen molar-refractivity contribution in [3.63, 3.8) is 0 Å². The number of benzene rings is 1. The summed E-state index contributed by atoms with van der Waals surface area (Å²) in [4.78, 5) is 11.4. The van der Waals surface area contributed by atoms with Gasteiger partial charge in [-0.15, -0.1) is 6.42 Å². The van der Waals surface area contributed by atoms with E-state index in [1.165, 1.54) is 0 Å². The number of carbonyl (C=O) groups excluding carboxylic acids is 1. The summed E-state index contributed by atoms with van der Waals surface area (Å²) in [7, 11) is 0. The number of carbonyl (C=O) groups is 1. The maximum Gasteiger partial charge on any atom is 0.254 e. The second kappa shape index (κ2) is 4.63. The number of amides is 1. The lowest BCUT2D eigenvalue weighted by Crippen LogP contribution is -2.41. The molecule has 0 saturated carbocycles. The number of hydrogen-bond donors (Lipinski definition) is 1. The van der Waals surface area contributed by atoms with Gasteiger partial charge in [0.05, 0.1) is 0 Å². The first kappa shape index (κ1) is 11.3. The number of primary amides is 1. The molecule has 0 radical (unpaired) electrons. The average molecular weight is 203 g/mol. The van der Waals surface area contributed by atoms with Gasteiger partial charge in [0.2, 0.25) is 0 Å². The molecule has 0 saturated heterocycles. The second-order valence-electron chi connectivity index (χ2n) is 3.26. The van der Waals surface area contributed by atoms with E-state index in [-0.39, 0.29) is 6.61 Å². The summed E-state index contributed by atoms with van der Waals surface area (Å²) in [5.74, 6) is 1.77. The lowest BCUT2D eigenvalue weighted by Gasteiger charge is -2.25. The molecule has 0 aliphatic rings. The summed E-state index contributed by atoms with van der Waals surface area (Å²) in [5, 5.41) is 0. The second-order valence-corrected chi connectivity index (χ2v) is 3.26. The van der Waals surface area contributed by atoms with Crippen LogP contribution in [0, 0.1) is 12.3 Å². The van der Waals surface area contributed by atoms with Gasteiger partial charge in [0.1, 0.15) is 6.61 Å². The van der Waals surface area contributed by atoms with Gasteiger partial charge in [-0.25, -0.2) is 0 Å². The summed E-state index contributed by atoms with van der Waals surface area (Å²) >= 11 is 0. The normalized spacial score (nSPS) is 13.9. The minimum Gasteiger partial charge on any atom is -0.367 e. The van der Waals surface area contributed by atoms with Crippen LogP contribution in [-0.4, -0.2) is 12.5 Å². The quantitative estimate of drug-likeness (QED) is 0.743. The number of hydrogen-bond acceptors (Lipinski definition) is 2. The zero-order chi connectivity index (χ0) is 11.3. The van der Waals surface area contributed by atoms with Crippen LogP contribution < -0.4 is 5.73 Å². The standard InChI is InChI=1S/C12H13NO2/c1-3-9-15-12(2,11(13)14)10-7-5-4-6-8-10/h1,4-8H,9H2,2H3,(H2,13,14). The number of nitrogens with two attached hydrogens (primary N) is 1. The highest BCUT2D eigenvalue weighted by Gasteiger charge is 2.33. The molecule has 0 aliphatic carbocycles. The Kier molecular flexibility index (Phi) is 3.48. The van der Waals surface area contributed by atoms with E-state index in [1.54, 1.807) is 19.1 Å². The van der Waals surface area contributed by atoms with Gasteiger partial charge in [-0.3, -0.25) is 4.79 Å². The predicted octanol–water partition coefficient (Wildman–Crippen LogP) is 1.04. The van der Waals surface area contributed by atoms with Crippen molar-refractivity contribution in [2.45, 2.75) is 12.5 Å². The van der Waals surface area contributed by atoms with Gasteiger partial charge in [0, 0.05) is 0 Å². The van der Waals surface area contributed by atoms with Crippen LogP contribution in [-0.2, 0) is 15.1 Å². The molecule has 0 fully saturated rings. The van der Waals surface area contributed by atoms with E-state index < -0.39 is 11.5 Å². The van der Waals surface area contributed by atoms with E-state index in [0.29, 0.717) is 5.56 Å². The van der Waals surface area contributed by atoms with Gasteiger partial charge < -0.3 is 10.5 Å². The van der Waals surface area contributed by atoms with Crippen LogP contribution in [0.2, 0.25) is 0 Å². The van der Waals surface area contributed by atoms with E-state index in [1.807, 2.05) is 18.2 Å². The molecule has 0 spiro atoms. The lowest BCUT2D eigenvalue weighted by atomic mass is 9.95. The van der Waals surface area contributed by atoms with E-state index in [9.17, 15) is 4.79 Å². The Bertz CT molecular complexity index is 380. The average Bonchev–Trinajstić information content (AvgIpc) is 2.27. The molecular weight excluding hydrogens is 190 g/mol. The Hall–Kier alpha value is -1.79. The minimum atomic E-state index is -1.16. The maximum absolute atomic E-state index is 11.4. The Balaban J connectivity index is 3.03. The molecular formula is C12H13NO2. The van der Waals surface area contributed by atoms with Crippen molar-refractivity contribution in [2.24, 2.45) is 5.73 Å². The zero-order valence-corrected chi connectivity index (χ0v) is 8.57. The van der Waals surface area contributed by atoms with Crippen LogP contribution in [0.3, 0.4) is 0 Å². The van der Waals surface area contributed by atoms with Crippen LogP contribution in [0.1, 0.15) is 12.5 Å². The van der Waals surface area contributed by atoms with Crippen molar-refractivity contribution < 1.29 is 9.53 Å². The van der Waals surface area contributed by atoms with E-state index >= 15 is 0 Å². The van der Waals surface area contributed by atoms with E-state index in [2.05, 4.69) is 5.92 Å². The molecule has 1 rings (SSSR count). The van der Waals surface area contributed by atoms with Crippen LogP contribution in [0.5, 0.6) is 0 Å². The van der Waals surface area contributed by atoms with Crippen molar-refractivity contribution >= 4 is 5.91 Å². The highest BCUT2D eigenvalue weighted by molar-refractivity contribution is 5.84. The molecule has 0 aliphatic heterocycles. The van der Waals surface area contributed by atoms with Gasteiger partial charge in [0.25, 0.3) is 5.91 Å². The predicted molar refractivity (Wildman–Crippen MR) is 57.8 cm³/mol. The molecule has 3 nitrogen and oxygen atoms in total. The summed E-state index contributed by atoms with van der Waals surface area (Å²) < 4.78 is 5.32. The molecule has 2 N–H and O–H groups in total. The first-order valence-corrected chi connectivity index (χ1v) is 4.54. The molecule has 0 heterocycles. The fraction of sp³-hybridized carbons (Fsp3) is 0.250. The van der Waals surface area contributed by atoms with Gasteiger partial charge in [-0.05, 0) is 12.5 Å². The first-order valence-electron chi connectivity index (χ1n) is 4.54. The SMILES string of the molecule is C#CCOC(C)(C(N)=O)c1ccccc1. The van der Waals surface area contributed by atoms with Crippen molar-refractivity contribution in [3.05, 3.63) is 35.9 Å². The molecule has 78 valence electrons.